The smallest absolute Gasteiger partial charge is 0.336 e. The number of aryl methyl sites for hydroxylation is 3. The topological polar surface area (TPSA) is 70.2 Å². The van der Waals surface area contributed by atoms with E-state index in [1.165, 1.54) is 18.9 Å². The monoisotopic (exact) mass is 339 g/mol. The average molecular weight is 339 g/mol. The number of fused-ring (bicyclic) bond motifs is 2. The van der Waals surface area contributed by atoms with E-state index in [0.717, 1.165) is 47.5 Å². The van der Waals surface area contributed by atoms with Crippen LogP contribution in [0.25, 0.3) is 11.0 Å². The summed E-state index contributed by atoms with van der Waals surface area (Å²) >= 11 is 0. The van der Waals surface area contributed by atoms with Gasteiger partial charge in [-0.1, -0.05) is 6.42 Å². The Hall–Kier alpha value is -2.63. The second-order valence-corrected chi connectivity index (χ2v) is 6.57. The molecular weight excluding hydrogens is 318 g/mol. The van der Waals surface area contributed by atoms with Crippen LogP contribution in [0.2, 0.25) is 0 Å². The molecule has 2 aromatic heterocycles. The SMILES string of the molecule is COc1cc(Cc2nc3n(n2)CCCCC3)cc2oc(=O)cc(C)c12. The van der Waals surface area contributed by atoms with Crippen LogP contribution < -0.4 is 10.4 Å². The first kappa shape index (κ1) is 15.9. The van der Waals surface area contributed by atoms with Crippen molar-refractivity contribution in [2.24, 2.45) is 0 Å². The Labute approximate surface area is 145 Å². The van der Waals surface area contributed by atoms with Crippen LogP contribution in [0, 0.1) is 6.92 Å². The van der Waals surface area contributed by atoms with Gasteiger partial charge in [0.2, 0.25) is 0 Å². The molecule has 0 spiro atoms. The van der Waals surface area contributed by atoms with Crippen molar-refractivity contribution in [1.29, 1.82) is 0 Å². The van der Waals surface area contributed by atoms with Crippen molar-refractivity contribution in [3.8, 4) is 5.75 Å². The van der Waals surface area contributed by atoms with Gasteiger partial charge in [0.1, 0.15) is 17.2 Å². The van der Waals surface area contributed by atoms with Gasteiger partial charge in [0.25, 0.3) is 0 Å². The van der Waals surface area contributed by atoms with Crippen LogP contribution in [0.5, 0.6) is 5.75 Å². The van der Waals surface area contributed by atoms with Gasteiger partial charge in [0.05, 0.1) is 12.5 Å². The summed E-state index contributed by atoms with van der Waals surface area (Å²) in [7, 11) is 1.63. The van der Waals surface area contributed by atoms with Crippen LogP contribution in [-0.2, 0) is 19.4 Å². The third-order valence-corrected chi connectivity index (χ3v) is 4.71. The molecule has 6 nitrogen and oxygen atoms in total. The number of hydrogen-bond acceptors (Lipinski definition) is 5. The fraction of sp³-hybridized carbons (Fsp3) is 0.421. The maximum atomic E-state index is 11.7. The van der Waals surface area contributed by atoms with E-state index in [1.54, 1.807) is 7.11 Å². The minimum atomic E-state index is -0.351. The highest BCUT2D eigenvalue weighted by molar-refractivity contribution is 5.87. The molecule has 0 radical (unpaired) electrons. The van der Waals surface area contributed by atoms with Crippen LogP contribution in [0.3, 0.4) is 0 Å². The van der Waals surface area contributed by atoms with Gasteiger partial charge < -0.3 is 9.15 Å². The van der Waals surface area contributed by atoms with Crippen LogP contribution in [0.15, 0.2) is 27.4 Å². The summed E-state index contributed by atoms with van der Waals surface area (Å²) in [6.07, 6.45) is 5.14. The van der Waals surface area contributed by atoms with Crippen molar-refractivity contribution in [3.63, 3.8) is 0 Å². The zero-order valence-corrected chi connectivity index (χ0v) is 14.5. The molecule has 130 valence electrons. The molecule has 0 bridgehead atoms. The Bertz CT molecular complexity index is 964. The van der Waals surface area contributed by atoms with E-state index in [1.807, 2.05) is 23.7 Å². The standard InChI is InChI=1S/C19H21N3O3/c1-12-8-18(23)25-15-10-13(9-14(24-2)19(12)15)11-16-20-17-6-4-3-5-7-22(17)21-16/h8-10H,3-7,11H2,1-2H3. The van der Waals surface area contributed by atoms with Gasteiger partial charge in [-0.15, -0.1) is 0 Å². The van der Waals surface area contributed by atoms with E-state index < -0.39 is 0 Å². The lowest BCUT2D eigenvalue weighted by Gasteiger charge is -2.09. The van der Waals surface area contributed by atoms with Crippen molar-refractivity contribution in [2.75, 3.05) is 7.11 Å². The molecule has 0 saturated carbocycles. The van der Waals surface area contributed by atoms with E-state index in [0.29, 0.717) is 17.8 Å². The predicted octanol–water partition coefficient (Wildman–Crippen LogP) is 3.02. The summed E-state index contributed by atoms with van der Waals surface area (Å²) in [4.78, 5) is 16.4. The van der Waals surface area contributed by atoms with Crippen molar-refractivity contribution >= 4 is 11.0 Å². The Morgan fingerprint density at radius 1 is 1.24 bits per heavy atom. The minimum absolute atomic E-state index is 0.351. The van der Waals surface area contributed by atoms with E-state index in [9.17, 15) is 4.79 Å². The van der Waals surface area contributed by atoms with Crippen LogP contribution in [0.4, 0.5) is 0 Å². The molecule has 1 aromatic carbocycles. The number of methoxy groups -OCH3 is 1. The molecule has 0 unspecified atom stereocenters. The molecule has 0 amide bonds. The normalized spacial score (nSPS) is 14.3. The molecule has 0 aliphatic carbocycles. The Morgan fingerprint density at radius 3 is 2.96 bits per heavy atom. The van der Waals surface area contributed by atoms with Gasteiger partial charge in [-0.25, -0.2) is 14.5 Å². The lowest BCUT2D eigenvalue weighted by molar-refractivity contribution is 0.418. The minimum Gasteiger partial charge on any atom is -0.496 e. The fourth-order valence-corrected chi connectivity index (χ4v) is 3.53. The summed E-state index contributed by atoms with van der Waals surface area (Å²) in [5.74, 6) is 2.57. The van der Waals surface area contributed by atoms with Gasteiger partial charge in [-0.2, -0.15) is 5.10 Å². The van der Waals surface area contributed by atoms with E-state index >= 15 is 0 Å². The van der Waals surface area contributed by atoms with E-state index in [2.05, 4.69) is 5.10 Å². The maximum absolute atomic E-state index is 11.7. The van der Waals surface area contributed by atoms with Crippen LogP contribution >= 0.6 is 0 Å². The molecule has 1 aliphatic heterocycles. The first-order chi connectivity index (χ1) is 12.1. The Balaban J connectivity index is 1.73. The third kappa shape index (κ3) is 3.04. The molecule has 3 heterocycles. The van der Waals surface area contributed by atoms with Crippen LogP contribution in [-0.4, -0.2) is 21.9 Å². The summed E-state index contributed by atoms with van der Waals surface area (Å²) in [5.41, 5.74) is 2.01. The second-order valence-electron chi connectivity index (χ2n) is 6.57. The van der Waals surface area contributed by atoms with Gasteiger partial charge in [-0.05, 0) is 43.0 Å². The average Bonchev–Trinajstić information content (AvgIpc) is 2.81. The zero-order chi connectivity index (χ0) is 17.4. The number of aromatic nitrogens is 3. The summed E-state index contributed by atoms with van der Waals surface area (Å²) in [6, 6.07) is 5.35. The highest BCUT2D eigenvalue weighted by Crippen LogP contribution is 2.30. The number of ether oxygens (including phenoxy) is 1. The molecule has 25 heavy (non-hydrogen) atoms. The Kier molecular flexibility index (Phi) is 4.03. The highest BCUT2D eigenvalue weighted by Gasteiger charge is 2.15. The molecule has 3 aromatic rings. The van der Waals surface area contributed by atoms with Crippen molar-refractivity contribution < 1.29 is 9.15 Å². The van der Waals surface area contributed by atoms with Gasteiger partial charge in [-0.3, -0.25) is 0 Å². The lowest BCUT2D eigenvalue weighted by Crippen LogP contribution is -2.03. The quantitative estimate of drug-likeness (QED) is 0.686. The van der Waals surface area contributed by atoms with Gasteiger partial charge in [0, 0.05) is 25.5 Å². The van der Waals surface area contributed by atoms with Crippen molar-refractivity contribution in [1.82, 2.24) is 14.8 Å². The molecule has 0 N–H and O–H groups in total. The highest BCUT2D eigenvalue weighted by atomic mass is 16.5. The molecular formula is C19H21N3O3. The first-order valence-electron chi connectivity index (χ1n) is 8.68. The summed E-state index contributed by atoms with van der Waals surface area (Å²) in [5, 5.41) is 5.48. The summed E-state index contributed by atoms with van der Waals surface area (Å²) < 4.78 is 12.9. The van der Waals surface area contributed by atoms with Crippen molar-refractivity contribution in [3.05, 3.63) is 51.4 Å². The van der Waals surface area contributed by atoms with E-state index in [-0.39, 0.29) is 5.63 Å². The van der Waals surface area contributed by atoms with E-state index in [4.69, 9.17) is 14.1 Å². The maximum Gasteiger partial charge on any atom is 0.336 e. The number of rotatable bonds is 3. The largest absolute Gasteiger partial charge is 0.496 e. The summed E-state index contributed by atoms with van der Waals surface area (Å²) in [6.45, 7) is 2.83. The molecule has 0 atom stereocenters. The molecule has 1 aliphatic rings. The third-order valence-electron chi connectivity index (χ3n) is 4.71. The first-order valence-corrected chi connectivity index (χ1v) is 8.68. The second kappa shape index (κ2) is 6.35. The van der Waals surface area contributed by atoms with Gasteiger partial charge in [0.15, 0.2) is 5.82 Å². The zero-order valence-electron chi connectivity index (χ0n) is 14.5. The van der Waals surface area contributed by atoms with Gasteiger partial charge >= 0.3 is 5.63 Å². The number of nitrogens with zero attached hydrogens (tertiary/aromatic N) is 3. The number of benzene rings is 1. The fourth-order valence-electron chi connectivity index (χ4n) is 3.53. The molecule has 4 rings (SSSR count). The predicted molar refractivity (Wildman–Crippen MR) is 94.2 cm³/mol. The molecule has 6 heteroatoms. The van der Waals surface area contributed by atoms with Crippen LogP contribution in [0.1, 0.15) is 42.0 Å². The Morgan fingerprint density at radius 2 is 2.12 bits per heavy atom. The number of hydrogen-bond donors (Lipinski definition) is 0. The lowest BCUT2D eigenvalue weighted by atomic mass is 10.0. The molecule has 0 saturated heterocycles. The molecule has 0 fully saturated rings. The van der Waals surface area contributed by atoms with Crippen molar-refractivity contribution in [2.45, 2.75) is 45.6 Å².